The molecule has 1 aliphatic rings. The number of amidine groups is 1. The van der Waals surface area contributed by atoms with Gasteiger partial charge in [0.25, 0.3) is 0 Å². The molecule has 116 valence electrons. The molecule has 1 aromatic carbocycles. The van der Waals surface area contributed by atoms with E-state index in [9.17, 15) is 0 Å². The fourth-order valence-electron chi connectivity index (χ4n) is 3.04. The van der Waals surface area contributed by atoms with E-state index in [0.717, 1.165) is 19.6 Å². The first-order valence-corrected chi connectivity index (χ1v) is 7.32. The summed E-state index contributed by atoms with van der Waals surface area (Å²) in [5.41, 5.74) is 7.83. The molecule has 1 aliphatic heterocycles. The fraction of sp³-hybridized carbons (Fsp3) is 0.562. The zero-order chi connectivity index (χ0) is 15.5. The summed E-state index contributed by atoms with van der Waals surface area (Å²) in [7, 11) is 1.59. The van der Waals surface area contributed by atoms with Gasteiger partial charge in [0.15, 0.2) is 5.84 Å². The van der Waals surface area contributed by atoms with Crippen molar-refractivity contribution in [2.24, 2.45) is 16.3 Å². The Bertz CT molecular complexity index is 526. The Morgan fingerprint density at radius 3 is 2.86 bits per heavy atom. The molecule has 1 saturated heterocycles. The average Bonchev–Trinajstić information content (AvgIpc) is 2.45. The molecule has 0 radical (unpaired) electrons. The van der Waals surface area contributed by atoms with Crippen LogP contribution < -0.4 is 10.5 Å². The van der Waals surface area contributed by atoms with Crippen LogP contribution >= 0.6 is 0 Å². The average molecular weight is 291 g/mol. The molecule has 1 heterocycles. The third-order valence-electron chi connectivity index (χ3n) is 4.04. The molecule has 0 saturated carbocycles. The van der Waals surface area contributed by atoms with Gasteiger partial charge in [-0.3, -0.25) is 4.90 Å². The van der Waals surface area contributed by atoms with Crippen molar-refractivity contribution in [2.75, 3.05) is 20.2 Å². The Morgan fingerprint density at radius 1 is 1.48 bits per heavy atom. The van der Waals surface area contributed by atoms with Crippen LogP contribution in [0.15, 0.2) is 23.4 Å². The van der Waals surface area contributed by atoms with E-state index >= 15 is 0 Å². The van der Waals surface area contributed by atoms with Gasteiger partial charge in [-0.1, -0.05) is 25.1 Å². The second-order valence-corrected chi connectivity index (χ2v) is 6.50. The summed E-state index contributed by atoms with van der Waals surface area (Å²) >= 11 is 0. The number of rotatable bonds is 4. The molecule has 1 fully saturated rings. The predicted molar refractivity (Wildman–Crippen MR) is 83.8 cm³/mol. The molecule has 0 unspecified atom stereocenters. The molecular formula is C16H25N3O2. The monoisotopic (exact) mass is 291 g/mol. The third-order valence-corrected chi connectivity index (χ3v) is 4.04. The van der Waals surface area contributed by atoms with Crippen LogP contribution in [0.4, 0.5) is 0 Å². The van der Waals surface area contributed by atoms with E-state index in [1.54, 1.807) is 7.11 Å². The lowest BCUT2D eigenvalue weighted by Gasteiger charge is -2.38. The number of ether oxygens (including phenoxy) is 1. The highest BCUT2D eigenvalue weighted by Gasteiger charge is 2.26. The Kier molecular flexibility index (Phi) is 4.73. The lowest BCUT2D eigenvalue weighted by atomic mass is 9.84. The van der Waals surface area contributed by atoms with Gasteiger partial charge in [0, 0.05) is 13.1 Å². The number of piperidine rings is 1. The van der Waals surface area contributed by atoms with Gasteiger partial charge < -0.3 is 15.7 Å². The van der Waals surface area contributed by atoms with Gasteiger partial charge in [-0.05, 0) is 42.5 Å². The van der Waals surface area contributed by atoms with Gasteiger partial charge in [-0.15, -0.1) is 0 Å². The van der Waals surface area contributed by atoms with E-state index in [2.05, 4.69) is 23.9 Å². The number of likely N-dealkylation sites (tertiary alicyclic amines) is 1. The van der Waals surface area contributed by atoms with Crippen molar-refractivity contribution >= 4 is 5.84 Å². The van der Waals surface area contributed by atoms with Crippen molar-refractivity contribution in [3.8, 4) is 5.75 Å². The number of benzene rings is 1. The van der Waals surface area contributed by atoms with E-state index in [4.69, 9.17) is 15.7 Å². The fourth-order valence-corrected chi connectivity index (χ4v) is 3.04. The number of methoxy groups -OCH3 is 1. The van der Waals surface area contributed by atoms with Crippen LogP contribution in [0.3, 0.4) is 0 Å². The van der Waals surface area contributed by atoms with Crippen molar-refractivity contribution in [3.63, 3.8) is 0 Å². The summed E-state index contributed by atoms with van der Waals surface area (Å²) < 4.78 is 5.35. The van der Waals surface area contributed by atoms with Gasteiger partial charge >= 0.3 is 0 Å². The summed E-state index contributed by atoms with van der Waals surface area (Å²) in [5, 5.41) is 11.8. The molecule has 21 heavy (non-hydrogen) atoms. The molecule has 1 aromatic rings. The minimum atomic E-state index is 0.0671. The first-order valence-electron chi connectivity index (χ1n) is 7.32. The SMILES string of the molecule is COc1cc(CN2CCCC(C)(C)C2)ccc1/C(N)=N/O. The standard InChI is InChI=1S/C16H25N3O2/c1-16(2)7-4-8-19(11-16)10-12-5-6-13(15(17)18-20)14(9-12)21-3/h5-6,9,20H,4,7-8,10-11H2,1-3H3,(H2,17,18). The molecular weight excluding hydrogens is 266 g/mol. The zero-order valence-corrected chi connectivity index (χ0v) is 13.1. The second kappa shape index (κ2) is 6.35. The maximum atomic E-state index is 8.80. The Balaban J connectivity index is 2.14. The summed E-state index contributed by atoms with van der Waals surface area (Å²) in [6.45, 7) is 7.78. The van der Waals surface area contributed by atoms with Crippen LogP contribution in [0.1, 0.15) is 37.8 Å². The molecule has 0 spiro atoms. The van der Waals surface area contributed by atoms with E-state index in [0.29, 0.717) is 16.7 Å². The highest BCUT2D eigenvalue weighted by Crippen LogP contribution is 2.30. The summed E-state index contributed by atoms with van der Waals surface area (Å²) in [6, 6.07) is 5.82. The maximum absolute atomic E-state index is 8.80. The van der Waals surface area contributed by atoms with Gasteiger partial charge in [0.1, 0.15) is 5.75 Å². The van der Waals surface area contributed by atoms with Crippen molar-refractivity contribution in [1.29, 1.82) is 0 Å². The molecule has 0 amide bonds. The second-order valence-electron chi connectivity index (χ2n) is 6.50. The summed E-state index contributed by atoms with van der Waals surface area (Å²) in [4.78, 5) is 2.47. The highest BCUT2D eigenvalue weighted by molar-refractivity contribution is 5.99. The predicted octanol–water partition coefficient (Wildman–Crippen LogP) is 2.41. The minimum Gasteiger partial charge on any atom is -0.496 e. The van der Waals surface area contributed by atoms with Gasteiger partial charge in [-0.2, -0.15) is 0 Å². The first kappa shape index (κ1) is 15.6. The van der Waals surface area contributed by atoms with Crippen LogP contribution in [-0.2, 0) is 6.54 Å². The van der Waals surface area contributed by atoms with E-state index in [1.807, 2.05) is 18.2 Å². The van der Waals surface area contributed by atoms with Crippen LogP contribution in [0.25, 0.3) is 0 Å². The largest absolute Gasteiger partial charge is 0.496 e. The van der Waals surface area contributed by atoms with Crippen molar-refractivity contribution < 1.29 is 9.94 Å². The molecule has 0 aliphatic carbocycles. The maximum Gasteiger partial charge on any atom is 0.173 e. The van der Waals surface area contributed by atoms with E-state index < -0.39 is 0 Å². The quantitative estimate of drug-likeness (QED) is 0.387. The molecule has 0 bridgehead atoms. The lowest BCUT2D eigenvalue weighted by molar-refractivity contribution is 0.111. The number of hydrogen-bond donors (Lipinski definition) is 2. The molecule has 3 N–H and O–H groups in total. The van der Waals surface area contributed by atoms with Crippen LogP contribution in [0.2, 0.25) is 0 Å². The molecule has 2 rings (SSSR count). The Hall–Kier alpha value is -1.75. The topological polar surface area (TPSA) is 71.1 Å². The molecule has 0 atom stereocenters. The minimum absolute atomic E-state index is 0.0671. The Morgan fingerprint density at radius 2 is 2.24 bits per heavy atom. The normalized spacial score (nSPS) is 19.5. The molecule has 5 heteroatoms. The third kappa shape index (κ3) is 3.88. The summed E-state index contributed by atoms with van der Waals surface area (Å²) in [5.74, 6) is 0.705. The highest BCUT2D eigenvalue weighted by atomic mass is 16.5. The van der Waals surface area contributed by atoms with E-state index in [1.165, 1.54) is 18.4 Å². The molecule has 0 aromatic heterocycles. The van der Waals surface area contributed by atoms with Gasteiger partial charge in [-0.25, -0.2) is 0 Å². The summed E-state index contributed by atoms with van der Waals surface area (Å²) in [6.07, 6.45) is 2.53. The van der Waals surface area contributed by atoms with Gasteiger partial charge in [0.2, 0.25) is 0 Å². The number of oxime groups is 1. The van der Waals surface area contributed by atoms with Crippen molar-refractivity contribution in [2.45, 2.75) is 33.2 Å². The van der Waals surface area contributed by atoms with Crippen LogP contribution in [0.5, 0.6) is 5.75 Å². The number of nitrogens with zero attached hydrogens (tertiary/aromatic N) is 2. The van der Waals surface area contributed by atoms with Crippen LogP contribution in [-0.4, -0.2) is 36.1 Å². The zero-order valence-electron chi connectivity index (χ0n) is 13.1. The lowest BCUT2D eigenvalue weighted by Crippen LogP contribution is -2.39. The smallest absolute Gasteiger partial charge is 0.173 e. The van der Waals surface area contributed by atoms with Crippen molar-refractivity contribution in [3.05, 3.63) is 29.3 Å². The van der Waals surface area contributed by atoms with Crippen molar-refractivity contribution in [1.82, 2.24) is 4.90 Å². The first-order chi connectivity index (χ1) is 9.95. The molecule has 5 nitrogen and oxygen atoms in total. The van der Waals surface area contributed by atoms with Gasteiger partial charge in [0.05, 0.1) is 12.7 Å². The van der Waals surface area contributed by atoms with E-state index in [-0.39, 0.29) is 5.84 Å². The Labute approximate surface area is 126 Å². The van der Waals surface area contributed by atoms with Crippen LogP contribution in [0, 0.1) is 5.41 Å². The number of hydrogen-bond acceptors (Lipinski definition) is 4. The number of nitrogens with two attached hydrogens (primary N) is 1.